The zero-order valence-corrected chi connectivity index (χ0v) is 15.7. The fourth-order valence-corrected chi connectivity index (χ4v) is 3.13. The smallest absolute Gasteiger partial charge is 0.209 e. The first kappa shape index (κ1) is 19.1. The van der Waals surface area contributed by atoms with Crippen molar-refractivity contribution in [3.05, 3.63) is 65.7 Å². The molecule has 140 valence electrons. The Hall–Kier alpha value is -2.71. The SMILES string of the molecule is CC(=O)c1ccc(OCC(O)CSc2nnnn2Cc2ccccc2)cc1. The predicted octanol–water partition coefficient (Wildman–Crippen LogP) is 2.46. The van der Waals surface area contributed by atoms with Crippen LogP contribution in [0.5, 0.6) is 5.75 Å². The summed E-state index contributed by atoms with van der Waals surface area (Å²) in [4.78, 5) is 11.3. The molecule has 1 unspecified atom stereocenters. The lowest BCUT2D eigenvalue weighted by Crippen LogP contribution is -2.20. The number of nitrogens with zero attached hydrogens (tertiary/aromatic N) is 4. The van der Waals surface area contributed by atoms with E-state index in [1.165, 1.54) is 18.7 Å². The Morgan fingerprint density at radius 1 is 1.19 bits per heavy atom. The van der Waals surface area contributed by atoms with E-state index in [0.29, 0.717) is 28.8 Å². The van der Waals surface area contributed by atoms with Crippen molar-refractivity contribution in [3.8, 4) is 5.75 Å². The standard InChI is InChI=1S/C19H20N4O3S/c1-14(24)16-7-9-18(10-8-16)26-12-17(25)13-27-19-20-21-22-23(19)11-15-5-3-2-4-6-15/h2-10,17,25H,11-13H2,1H3. The highest BCUT2D eigenvalue weighted by atomic mass is 32.2. The number of carbonyl (C=O) groups is 1. The van der Waals surface area contributed by atoms with Crippen LogP contribution in [0.3, 0.4) is 0 Å². The van der Waals surface area contributed by atoms with Crippen molar-refractivity contribution < 1.29 is 14.6 Å². The van der Waals surface area contributed by atoms with E-state index >= 15 is 0 Å². The number of benzene rings is 2. The van der Waals surface area contributed by atoms with E-state index in [2.05, 4.69) is 15.5 Å². The molecule has 0 fully saturated rings. The summed E-state index contributed by atoms with van der Waals surface area (Å²) in [6, 6.07) is 16.8. The van der Waals surface area contributed by atoms with Gasteiger partial charge in [0.1, 0.15) is 12.4 Å². The van der Waals surface area contributed by atoms with E-state index in [9.17, 15) is 9.90 Å². The summed E-state index contributed by atoms with van der Waals surface area (Å²) < 4.78 is 7.27. The Morgan fingerprint density at radius 3 is 2.63 bits per heavy atom. The van der Waals surface area contributed by atoms with Crippen LogP contribution in [0.4, 0.5) is 0 Å². The van der Waals surface area contributed by atoms with E-state index in [0.717, 1.165) is 5.56 Å². The van der Waals surface area contributed by atoms with Gasteiger partial charge in [0.05, 0.1) is 12.6 Å². The number of Topliss-reactive ketones (excluding diaryl/α,β-unsaturated/α-hetero) is 1. The summed E-state index contributed by atoms with van der Waals surface area (Å²) in [6.45, 7) is 2.24. The zero-order chi connectivity index (χ0) is 19.1. The second-order valence-electron chi connectivity index (χ2n) is 5.96. The van der Waals surface area contributed by atoms with Crippen molar-refractivity contribution in [2.75, 3.05) is 12.4 Å². The Balaban J connectivity index is 1.47. The molecule has 0 radical (unpaired) electrons. The van der Waals surface area contributed by atoms with Gasteiger partial charge in [0, 0.05) is 11.3 Å². The van der Waals surface area contributed by atoms with Gasteiger partial charge in [-0.2, -0.15) is 0 Å². The molecule has 8 heteroatoms. The summed E-state index contributed by atoms with van der Waals surface area (Å²) in [6.07, 6.45) is -0.677. The average Bonchev–Trinajstić information content (AvgIpc) is 3.13. The molecule has 0 bridgehead atoms. The van der Waals surface area contributed by atoms with Gasteiger partial charge in [0.25, 0.3) is 0 Å². The number of carbonyl (C=O) groups excluding carboxylic acids is 1. The second-order valence-corrected chi connectivity index (χ2v) is 6.95. The molecule has 0 amide bonds. The maximum absolute atomic E-state index is 11.3. The van der Waals surface area contributed by atoms with Crippen LogP contribution in [0.15, 0.2) is 59.8 Å². The van der Waals surface area contributed by atoms with Crippen LogP contribution in [0.2, 0.25) is 0 Å². The van der Waals surface area contributed by atoms with Gasteiger partial charge in [-0.1, -0.05) is 42.1 Å². The lowest BCUT2D eigenvalue weighted by molar-refractivity contribution is 0.101. The normalized spacial score (nSPS) is 11.9. The third kappa shape index (κ3) is 5.63. The second kappa shape index (κ2) is 9.29. The number of ketones is 1. The van der Waals surface area contributed by atoms with Crippen LogP contribution >= 0.6 is 11.8 Å². The lowest BCUT2D eigenvalue weighted by atomic mass is 10.1. The summed E-state index contributed by atoms with van der Waals surface area (Å²) in [5.74, 6) is 1.02. The van der Waals surface area contributed by atoms with Gasteiger partial charge in [0.15, 0.2) is 5.78 Å². The van der Waals surface area contributed by atoms with Gasteiger partial charge in [-0.15, -0.1) is 5.10 Å². The fourth-order valence-electron chi connectivity index (χ4n) is 2.35. The largest absolute Gasteiger partial charge is 0.491 e. The Bertz CT molecular complexity index is 868. The highest BCUT2D eigenvalue weighted by Crippen LogP contribution is 2.17. The van der Waals surface area contributed by atoms with Crippen molar-refractivity contribution in [2.45, 2.75) is 24.7 Å². The maximum Gasteiger partial charge on any atom is 0.209 e. The number of hydrogen-bond donors (Lipinski definition) is 1. The molecule has 1 atom stereocenters. The van der Waals surface area contributed by atoms with Gasteiger partial charge in [0.2, 0.25) is 5.16 Å². The number of aliphatic hydroxyl groups excluding tert-OH is 1. The minimum Gasteiger partial charge on any atom is -0.491 e. The summed E-state index contributed by atoms with van der Waals surface area (Å²) in [5.41, 5.74) is 1.73. The molecule has 0 saturated carbocycles. The van der Waals surface area contributed by atoms with E-state index in [4.69, 9.17) is 4.74 Å². The monoisotopic (exact) mass is 384 g/mol. The van der Waals surface area contributed by atoms with Gasteiger partial charge in [-0.05, 0) is 47.2 Å². The average molecular weight is 384 g/mol. The van der Waals surface area contributed by atoms with Gasteiger partial charge >= 0.3 is 0 Å². The summed E-state index contributed by atoms with van der Waals surface area (Å²) in [5, 5.41) is 22.5. The van der Waals surface area contributed by atoms with E-state index < -0.39 is 6.10 Å². The van der Waals surface area contributed by atoms with Crippen molar-refractivity contribution in [1.29, 1.82) is 0 Å². The Morgan fingerprint density at radius 2 is 1.93 bits per heavy atom. The van der Waals surface area contributed by atoms with Gasteiger partial charge in [-0.3, -0.25) is 4.79 Å². The molecule has 0 aliphatic carbocycles. The molecule has 0 saturated heterocycles. The minimum atomic E-state index is -0.677. The van der Waals surface area contributed by atoms with Crippen LogP contribution < -0.4 is 4.74 Å². The highest BCUT2D eigenvalue weighted by molar-refractivity contribution is 7.99. The molecule has 27 heavy (non-hydrogen) atoms. The molecule has 2 aromatic carbocycles. The molecular weight excluding hydrogens is 364 g/mol. The molecule has 7 nitrogen and oxygen atoms in total. The first-order valence-electron chi connectivity index (χ1n) is 8.46. The number of tetrazole rings is 1. The highest BCUT2D eigenvalue weighted by Gasteiger charge is 2.12. The maximum atomic E-state index is 11.3. The van der Waals surface area contributed by atoms with Crippen molar-refractivity contribution in [1.82, 2.24) is 20.2 Å². The molecule has 1 N–H and O–H groups in total. The van der Waals surface area contributed by atoms with Crippen LogP contribution in [0, 0.1) is 0 Å². The van der Waals surface area contributed by atoms with E-state index in [1.54, 1.807) is 28.9 Å². The number of aliphatic hydroxyl groups is 1. The predicted molar refractivity (Wildman–Crippen MR) is 102 cm³/mol. The number of aromatic nitrogens is 4. The van der Waals surface area contributed by atoms with Crippen molar-refractivity contribution in [2.24, 2.45) is 0 Å². The van der Waals surface area contributed by atoms with Crippen LogP contribution in [0.1, 0.15) is 22.8 Å². The number of thioether (sulfide) groups is 1. The summed E-state index contributed by atoms with van der Waals surface area (Å²) in [7, 11) is 0. The summed E-state index contributed by atoms with van der Waals surface area (Å²) >= 11 is 1.37. The molecule has 3 aromatic rings. The topological polar surface area (TPSA) is 90.1 Å². The van der Waals surface area contributed by atoms with E-state index in [1.807, 2.05) is 30.3 Å². The minimum absolute atomic E-state index is 0.00575. The lowest BCUT2D eigenvalue weighted by Gasteiger charge is -2.12. The quantitative estimate of drug-likeness (QED) is 0.448. The molecule has 1 heterocycles. The molecule has 0 aliphatic heterocycles. The molecule has 1 aromatic heterocycles. The van der Waals surface area contributed by atoms with Crippen LogP contribution in [-0.4, -0.2) is 49.6 Å². The Kier molecular flexibility index (Phi) is 6.56. The van der Waals surface area contributed by atoms with Crippen LogP contribution in [-0.2, 0) is 6.54 Å². The number of hydrogen-bond acceptors (Lipinski definition) is 7. The number of rotatable bonds is 9. The Labute approximate surface area is 161 Å². The van der Waals surface area contributed by atoms with Gasteiger partial charge in [-0.25, -0.2) is 4.68 Å². The molecular formula is C19H20N4O3S. The first-order valence-corrected chi connectivity index (χ1v) is 9.45. The number of ether oxygens (including phenoxy) is 1. The van der Waals surface area contributed by atoms with E-state index in [-0.39, 0.29) is 12.4 Å². The zero-order valence-electron chi connectivity index (χ0n) is 14.9. The molecule has 0 spiro atoms. The van der Waals surface area contributed by atoms with Crippen molar-refractivity contribution in [3.63, 3.8) is 0 Å². The first-order chi connectivity index (χ1) is 13.1. The van der Waals surface area contributed by atoms with Crippen LogP contribution in [0.25, 0.3) is 0 Å². The third-order valence-electron chi connectivity index (χ3n) is 3.78. The molecule has 3 rings (SSSR count). The fraction of sp³-hybridized carbons (Fsp3) is 0.263. The van der Waals surface area contributed by atoms with Crippen molar-refractivity contribution >= 4 is 17.5 Å². The third-order valence-corrected chi connectivity index (χ3v) is 4.88. The molecule has 0 aliphatic rings. The van der Waals surface area contributed by atoms with Gasteiger partial charge < -0.3 is 9.84 Å².